The molecule has 104 valence electrons. The Hall–Kier alpha value is -2.36. The second kappa shape index (κ2) is 6.70. The Morgan fingerprint density at radius 1 is 1.30 bits per heavy atom. The lowest BCUT2D eigenvalue weighted by molar-refractivity contribution is 0.0953. The van der Waals surface area contributed by atoms with Gasteiger partial charge in [0, 0.05) is 37.2 Å². The van der Waals surface area contributed by atoms with Crippen molar-refractivity contribution in [3.05, 3.63) is 59.4 Å². The van der Waals surface area contributed by atoms with Crippen LogP contribution in [0.2, 0.25) is 0 Å². The van der Waals surface area contributed by atoms with E-state index in [0.29, 0.717) is 6.54 Å². The topological polar surface area (TPSA) is 54.0 Å². The first-order chi connectivity index (χ1) is 9.70. The number of anilines is 1. The number of amides is 1. The van der Waals surface area contributed by atoms with Crippen LogP contribution in [-0.2, 0) is 6.42 Å². The summed E-state index contributed by atoms with van der Waals surface area (Å²) in [6, 6.07) is 9.63. The normalized spacial score (nSPS) is 10.1. The van der Waals surface area contributed by atoms with Gasteiger partial charge in [-0.1, -0.05) is 6.07 Å². The van der Waals surface area contributed by atoms with Gasteiger partial charge in [-0.05, 0) is 48.7 Å². The van der Waals surface area contributed by atoms with Gasteiger partial charge in [0.15, 0.2) is 0 Å². The second-order valence-electron chi connectivity index (χ2n) is 4.65. The molecule has 1 aromatic heterocycles. The number of hydrogen-bond donors (Lipinski definition) is 2. The number of hydrogen-bond acceptors (Lipinski definition) is 3. The number of aryl methyl sites for hydroxylation is 1. The van der Waals surface area contributed by atoms with Crippen molar-refractivity contribution >= 4 is 11.6 Å². The number of pyridine rings is 1. The molecular formula is C16H19N3O. The lowest BCUT2D eigenvalue weighted by atomic mass is 10.1. The van der Waals surface area contributed by atoms with Gasteiger partial charge in [0.25, 0.3) is 5.91 Å². The molecule has 0 bridgehead atoms. The summed E-state index contributed by atoms with van der Waals surface area (Å²) in [6.07, 6.45) is 4.35. The summed E-state index contributed by atoms with van der Waals surface area (Å²) in [7, 11) is 1.86. The van der Waals surface area contributed by atoms with Gasteiger partial charge in [-0.2, -0.15) is 0 Å². The molecule has 4 nitrogen and oxygen atoms in total. The number of aromatic nitrogens is 1. The first kappa shape index (κ1) is 14.1. The van der Waals surface area contributed by atoms with E-state index in [1.165, 1.54) is 0 Å². The number of rotatable bonds is 5. The van der Waals surface area contributed by atoms with Crippen LogP contribution >= 0.6 is 0 Å². The summed E-state index contributed by atoms with van der Waals surface area (Å²) in [4.78, 5) is 16.2. The van der Waals surface area contributed by atoms with Crippen molar-refractivity contribution in [1.82, 2.24) is 10.3 Å². The Labute approximate surface area is 119 Å². The van der Waals surface area contributed by atoms with Gasteiger partial charge < -0.3 is 10.6 Å². The van der Waals surface area contributed by atoms with E-state index in [1.54, 1.807) is 6.20 Å². The predicted octanol–water partition coefficient (Wildman–Crippen LogP) is 2.40. The van der Waals surface area contributed by atoms with Crippen molar-refractivity contribution < 1.29 is 4.79 Å². The van der Waals surface area contributed by atoms with Gasteiger partial charge in [0.1, 0.15) is 0 Å². The van der Waals surface area contributed by atoms with Gasteiger partial charge in [-0.15, -0.1) is 0 Å². The van der Waals surface area contributed by atoms with E-state index in [1.807, 2.05) is 50.5 Å². The third kappa shape index (κ3) is 3.57. The van der Waals surface area contributed by atoms with Crippen molar-refractivity contribution in [2.24, 2.45) is 0 Å². The van der Waals surface area contributed by atoms with Crippen LogP contribution < -0.4 is 10.6 Å². The number of carbonyl (C=O) groups excluding carboxylic acids is 1. The van der Waals surface area contributed by atoms with Gasteiger partial charge in [-0.25, -0.2) is 0 Å². The first-order valence-corrected chi connectivity index (χ1v) is 6.66. The summed E-state index contributed by atoms with van der Waals surface area (Å²) >= 11 is 0. The molecule has 0 aliphatic heterocycles. The summed E-state index contributed by atoms with van der Waals surface area (Å²) in [6.45, 7) is 2.55. The molecule has 2 N–H and O–H groups in total. The summed E-state index contributed by atoms with van der Waals surface area (Å²) < 4.78 is 0. The standard InChI is InChI=1S/C16H19N3O/c1-12-10-14(17-2)5-6-15(12)16(20)19-9-7-13-4-3-8-18-11-13/h3-6,8,10-11,17H,7,9H2,1-2H3,(H,19,20). The molecule has 2 aromatic rings. The zero-order valence-corrected chi connectivity index (χ0v) is 11.8. The Balaban J connectivity index is 1.92. The van der Waals surface area contributed by atoms with Crippen molar-refractivity contribution in [2.75, 3.05) is 18.9 Å². The molecule has 0 aliphatic rings. The minimum Gasteiger partial charge on any atom is -0.388 e. The number of nitrogens with zero attached hydrogens (tertiary/aromatic N) is 1. The van der Waals surface area contributed by atoms with Crippen molar-refractivity contribution in [3.63, 3.8) is 0 Å². The van der Waals surface area contributed by atoms with E-state index in [9.17, 15) is 4.79 Å². The van der Waals surface area contributed by atoms with E-state index >= 15 is 0 Å². The molecule has 2 rings (SSSR count). The average Bonchev–Trinajstić information content (AvgIpc) is 2.48. The molecule has 1 heterocycles. The largest absolute Gasteiger partial charge is 0.388 e. The monoisotopic (exact) mass is 269 g/mol. The summed E-state index contributed by atoms with van der Waals surface area (Å²) in [5.41, 5.74) is 3.82. The van der Waals surface area contributed by atoms with Crippen molar-refractivity contribution in [2.45, 2.75) is 13.3 Å². The quantitative estimate of drug-likeness (QED) is 0.876. The molecular weight excluding hydrogens is 250 g/mol. The van der Waals surface area contributed by atoms with E-state index < -0.39 is 0 Å². The maximum atomic E-state index is 12.1. The Morgan fingerprint density at radius 2 is 2.15 bits per heavy atom. The van der Waals surface area contributed by atoms with Gasteiger partial charge in [-0.3, -0.25) is 9.78 Å². The molecule has 20 heavy (non-hydrogen) atoms. The lowest BCUT2D eigenvalue weighted by Gasteiger charge is -2.09. The summed E-state index contributed by atoms with van der Waals surface area (Å²) in [5.74, 6) is -0.0333. The molecule has 0 fully saturated rings. The van der Waals surface area contributed by atoms with Crippen LogP contribution in [-0.4, -0.2) is 24.5 Å². The zero-order valence-electron chi connectivity index (χ0n) is 11.8. The fourth-order valence-corrected chi connectivity index (χ4v) is 2.04. The smallest absolute Gasteiger partial charge is 0.251 e. The fourth-order valence-electron chi connectivity index (χ4n) is 2.04. The highest BCUT2D eigenvalue weighted by atomic mass is 16.1. The SMILES string of the molecule is CNc1ccc(C(=O)NCCc2cccnc2)c(C)c1. The minimum absolute atomic E-state index is 0.0333. The van der Waals surface area contributed by atoms with Crippen LogP contribution in [0.5, 0.6) is 0 Å². The molecule has 0 atom stereocenters. The number of nitrogens with one attached hydrogen (secondary N) is 2. The Morgan fingerprint density at radius 3 is 2.80 bits per heavy atom. The molecule has 0 spiro atoms. The van der Waals surface area contributed by atoms with E-state index in [4.69, 9.17) is 0 Å². The third-order valence-electron chi connectivity index (χ3n) is 3.18. The Bertz CT molecular complexity index is 582. The Kier molecular flexibility index (Phi) is 4.71. The molecule has 0 unspecified atom stereocenters. The third-order valence-corrected chi connectivity index (χ3v) is 3.18. The van der Waals surface area contributed by atoms with Gasteiger partial charge in [0.2, 0.25) is 0 Å². The molecule has 0 aliphatic carbocycles. The predicted molar refractivity (Wildman–Crippen MR) is 81.0 cm³/mol. The highest BCUT2D eigenvalue weighted by molar-refractivity contribution is 5.96. The van der Waals surface area contributed by atoms with Crippen LogP contribution in [0.25, 0.3) is 0 Å². The van der Waals surface area contributed by atoms with Crippen LogP contribution in [0, 0.1) is 6.92 Å². The second-order valence-corrected chi connectivity index (χ2v) is 4.65. The molecule has 0 radical (unpaired) electrons. The van der Waals surface area contributed by atoms with Crippen LogP contribution in [0.15, 0.2) is 42.7 Å². The fraction of sp³-hybridized carbons (Fsp3) is 0.250. The maximum absolute atomic E-state index is 12.1. The van der Waals surface area contributed by atoms with Crippen molar-refractivity contribution in [3.8, 4) is 0 Å². The van der Waals surface area contributed by atoms with Crippen LogP contribution in [0.3, 0.4) is 0 Å². The minimum atomic E-state index is -0.0333. The number of benzene rings is 1. The van der Waals surface area contributed by atoms with E-state index in [0.717, 1.165) is 28.8 Å². The average molecular weight is 269 g/mol. The lowest BCUT2D eigenvalue weighted by Crippen LogP contribution is -2.26. The van der Waals surface area contributed by atoms with Gasteiger partial charge in [0.05, 0.1) is 0 Å². The van der Waals surface area contributed by atoms with Crippen molar-refractivity contribution in [1.29, 1.82) is 0 Å². The summed E-state index contributed by atoms with van der Waals surface area (Å²) in [5, 5.41) is 6.00. The molecule has 0 saturated heterocycles. The molecule has 1 amide bonds. The van der Waals surface area contributed by atoms with E-state index in [-0.39, 0.29) is 5.91 Å². The molecule has 1 aromatic carbocycles. The van der Waals surface area contributed by atoms with Crippen LogP contribution in [0.1, 0.15) is 21.5 Å². The van der Waals surface area contributed by atoms with Gasteiger partial charge >= 0.3 is 0 Å². The zero-order chi connectivity index (χ0) is 14.4. The highest BCUT2D eigenvalue weighted by Gasteiger charge is 2.08. The highest BCUT2D eigenvalue weighted by Crippen LogP contribution is 2.14. The maximum Gasteiger partial charge on any atom is 0.251 e. The number of carbonyl (C=O) groups is 1. The van der Waals surface area contributed by atoms with E-state index in [2.05, 4.69) is 15.6 Å². The molecule has 4 heteroatoms. The molecule has 0 saturated carbocycles. The first-order valence-electron chi connectivity index (χ1n) is 6.66. The van der Waals surface area contributed by atoms with Crippen LogP contribution in [0.4, 0.5) is 5.69 Å².